The summed E-state index contributed by atoms with van der Waals surface area (Å²) in [6.45, 7) is 3.42. The van der Waals surface area contributed by atoms with Crippen molar-refractivity contribution in [1.82, 2.24) is 5.32 Å². The number of nitrogens with one attached hydrogen (secondary N) is 1. The van der Waals surface area contributed by atoms with Gasteiger partial charge in [0.15, 0.2) is 17.6 Å². The Kier molecular flexibility index (Phi) is 7.80. The van der Waals surface area contributed by atoms with Crippen LogP contribution in [0.25, 0.3) is 0 Å². The molecule has 1 atom stereocenters. The summed E-state index contributed by atoms with van der Waals surface area (Å²) >= 11 is 0. The Morgan fingerprint density at radius 2 is 1.73 bits per heavy atom. The van der Waals surface area contributed by atoms with E-state index in [4.69, 9.17) is 9.47 Å². The monoisotopic (exact) mass is 356 g/mol. The maximum Gasteiger partial charge on any atom is 0.261 e. The van der Waals surface area contributed by atoms with Crippen LogP contribution in [0.2, 0.25) is 0 Å². The zero-order valence-corrected chi connectivity index (χ0v) is 15.8. The minimum absolute atomic E-state index is 0.0965. The van der Waals surface area contributed by atoms with Gasteiger partial charge < -0.3 is 19.7 Å². The lowest BCUT2D eigenvalue weighted by Crippen LogP contribution is -2.39. The molecule has 2 aromatic rings. The summed E-state index contributed by atoms with van der Waals surface area (Å²) in [6, 6.07) is 17.6. The van der Waals surface area contributed by atoms with Crippen LogP contribution in [0.1, 0.15) is 19.8 Å². The zero-order chi connectivity index (χ0) is 18.8. The number of carbonyl (C=O) groups excluding carboxylic acids is 1. The molecule has 26 heavy (non-hydrogen) atoms. The van der Waals surface area contributed by atoms with Crippen LogP contribution >= 0.6 is 0 Å². The average Bonchev–Trinajstić information content (AvgIpc) is 2.69. The molecule has 140 valence electrons. The number of amides is 1. The normalized spacial score (nSPS) is 11.5. The Balaban J connectivity index is 1.78. The molecular weight excluding hydrogens is 328 g/mol. The number of hydrogen-bond donors (Lipinski definition) is 1. The number of benzene rings is 2. The van der Waals surface area contributed by atoms with Gasteiger partial charge >= 0.3 is 0 Å². The molecule has 0 aliphatic heterocycles. The third kappa shape index (κ3) is 5.69. The van der Waals surface area contributed by atoms with Crippen LogP contribution in [0.4, 0.5) is 5.69 Å². The standard InChI is InChI=1S/C21H28N2O3/c1-4-18(26-20-14-9-8-13-19(20)25-3)21(24)22-15-10-16-23(2)17-11-6-5-7-12-17/h5-9,11-14,18H,4,10,15-16H2,1-3H3,(H,22,24)/t18-/m0/s1. The van der Waals surface area contributed by atoms with Crippen LogP contribution in [0, 0.1) is 0 Å². The first kappa shape index (κ1) is 19.6. The summed E-state index contributed by atoms with van der Waals surface area (Å²) in [5.74, 6) is 1.12. The largest absolute Gasteiger partial charge is 0.493 e. The highest BCUT2D eigenvalue weighted by Gasteiger charge is 2.19. The van der Waals surface area contributed by atoms with Crippen molar-refractivity contribution >= 4 is 11.6 Å². The summed E-state index contributed by atoms with van der Waals surface area (Å²) in [4.78, 5) is 14.6. The first-order valence-electron chi connectivity index (χ1n) is 8.99. The number of ether oxygens (including phenoxy) is 2. The van der Waals surface area contributed by atoms with E-state index < -0.39 is 6.10 Å². The number of rotatable bonds is 10. The maximum atomic E-state index is 12.4. The van der Waals surface area contributed by atoms with Crippen LogP contribution < -0.4 is 19.7 Å². The van der Waals surface area contributed by atoms with Gasteiger partial charge in [0.25, 0.3) is 5.91 Å². The van der Waals surface area contributed by atoms with Gasteiger partial charge in [0.2, 0.25) is 0 Å². The van der Waals surface area contributed by atoms with Gasteiger partial charge in [0.05, 0.1) is 7.11 Å². The van der Waals surface area contributed by atoms with Crippen molar-refractivity contribution in [3.8, 4) is 11.5 Å². The molecule has 2 rings (SSSR count). The van der Waals surface area contributed by atoms with Crippen LogP contribution in [-0.4, -0.2) is 39.3 Å². The molecule has 0 heterocycles. The molecule has 5 heteroatoms. The summed E-state index contributed by atoms with van der Waals surface area (Å²) in [7, 11) is 3.64. The highest BCUT2D eigenvalue weighted by molar-refractivity contribution is 5.81. The molecule has 0 aliphatic rings. The molecule has 1 amide bonds. The van der Waals surface area contributed by atoms with Gasteiger partial charge in [0, 0.05) is 25.8 Å². The topological polar surface area (TPSA) is 50.8 Å². The lowest BCUT2D eigenvalue weighted by molar-refractivity contribution is -0.128. The van der Waals surface area contributed by atoms with Crippen molar-refractivity contribution in [2.75, 3.05) is 32.1 Å². The first-order chi connectivity index (χ1) is 12.7. The molecule has 2 aromatic carbocycles. The van der Waals surface area contributed by atoms with Gasteiger partial charge in [-0.15, -0.1) is 0 Å². The summed E-state index contributed by atoms with van der Waals surface area (Å²) < 4.78 is 11.1. The Morgan fingerprint density at radius 3 is 2.38 bits per heavy atom. The molecule has 0 spiro atoms. The first-order valence-corrected chi connectivity index (χ1v) is 8.99. The second-order valence-corrected chi connectivity index (χ2v) is 6.07. The van der Waals surface area contributed by atoms with Crippen LogP contribution in [-0.2, 0) is 4.79 Å². The van der Waals surface area contributed by atoms with Gasteiger partial charge in [-0.3, -0.25) is 4.79 Å². The van der Waals surface area contributed by atoms with Crippen molar-refractivity contribution < 1.29 is 14.3 Å². The fraction of sp³-hybridized carbons (Fsp3) is 0.381. The van der Waals surface area contributed by atoms with Crippen LogP contribution in [0.3, 0.4) is 0 Å². The van der Waals surface area contributed by atoms with Gasteiger partial charge in [0.1, 0.15) is 0 Å². The molecule has 0 aliphatic carbocycles. The fourth-order valence-corrected chi connectivity index (χ4v) is 2.64. The smallest absolute Gasteiger partial charge is 0.261 e. The summed E-state index contributed by atoms with van der Waals surface area (Å²) in [5.41, 5.74) is 1.17. The molecule has 1 N–H and O–H groups in total. The second kappa shape index (κ2) is 10.3. The molecule has 0 fully saturated rings. The van der Waals surface area contributed by atoms with Crippen molar-refractivity contribution in [3.63, 3.8) is 0 Å². The van der Waals surface area contributed by atoms with Crippen molar-refractivity contribution in [2.24, 2.45) is 0 Å². The van der Waals surface area contributed by atoms with E-state index >= 15 is 0 Å². The lowest BCUT2D eigenvalue weighted by atomic mass is 10.2. The van der Waals surface area contributed by atoms with Crippen LogP contribution in [0.15, 0.2) is 54.6 Å². The number of methoxy groups -OCH3 is 1. The van der Waals surface area contributed by atoms with E-state index in [1.807, 2.05) is 49.4 Å². The van der Waals surface area contributed by atoms with E-state index in [-0.39, 0.29) is 5.91 Å². The number of anilines is 1. The molecule has 0 aromatic heterocycles. The second-order valence-electron chi connectivity index (χ2n) is 6.07. The SMILES string of the molecule is CC[C@H](Oc1ccccc1OC)C(=O)NCCCN(C)c1ccccc1. The number of para-hydroxylation sites is 3. The average molecular weight is 356 g/mol. The Bertz CT molecular complexity index is 676. The summed E-state index contributed by atoms with van der Waals surface area (Å²) in [6.07, 6.45) is 0.925. The van der Waals surface area contributed by atoms with Gasteiger partial charge in [-0.1, -0.05) is 37.3 Å². The number of hydrogen-bond acceptors (Lipinski definition) is 4. The molecule has 0 saturated heterocycles. The van der Waals surface area contributed by atoms with E-state index in [0.717, 1.165) is 13.0 Å². The van der Waals surface area contributed by atoms with Crippen molar-refractivity contribution in [3.05, 3.63) is 54.6 Å². The van der Waals surface area contributed by atoms with Crippen LogP contribution in [0.5, 0.6) is 11.5 Å². The minimum Gasteiger partial charge on any atom is -0.493 e. The quantitative estimate of drug-likeness (QED) is 0.662. The van der Waals surface area contributed by atoms with E-state index in [0.29, 0.717) is 24.5 Å². The predicted octanol–water partition coefficient (Wildman–Crippen LogP) is 3.50. The minimum atomic E-state index is -0.529. The number of nitrogens with zero attached hydrogens (tertiary/aromatic N) is 1. The molecule has 0 radical (unpaired) electrons. The highest BCUT2D eigenvalue weighted by atomic mass is 16.5. The Morgan fingerprint density at radius 1 is 1.08 bits per heavy atom. The van der Waals surface area contributed by atoms with Crippen molar-refractivity contribution in [1.29, 1.82) is 0 Å². The maximum absolute atomic E-state index is 12.4. The highest BCUT2D eigenvalue weighted by Crippen LogP contribution is 2.27. The Labute approximate surface area is 155 Å². The number of carbonyl (C=O) groups is 1. The molecule has 0 bridgehead atoms. The van der Waals surface area contributed by atoms with E-state index in [9.17, 15) is 4.79 Å². The van der Waals surface area contributed by atoms with E-state index in [1.54, 1.807) is 7.11 Å². The fourth-order valence-electron chi connectivity index (χ4n) is 2.64. The molecule has 0 unspecified atom stereocenters. The predicted molar refractivity (Wildman–Crippen MR) is 105 cm³/mol. The van der Waals surface area contributed by atoms with Gasteiger partial charge in [-0.05, 0) is 37.1 Å². The summed E-state index contributed by atoms with van der Waals surface area (Å²) in [5, 5.41) is 2.97. The molecule has 5 nitrogen and oxygen atoms in total. The lowest BCUT2D eigenvalue weighted by Gasteiger charge is -2.21. The van der Waals surface area contributed by atoms with E-state index in [2.05, 4.69) is 29.4 Å². The zero-order valence-electron chi connectivity index (χ0n) is 15.8. The van der Waals surface area contributed by atoms with Crippen molar-refractivity contribution in [2.45, 2.75) is 25.9 Å². The molecule has 0 saturated carbocycles. The third-order valence-corrected chi connectivity index (χ3v) is 4.17. The Hall–Kier alpha value is -2.69. The van der Waals surface area contributed by atoms with Gasteiger partial charge in [-0.2, -0.15) is 0 Å². The molecular formula is C21H28N2O3. The third-order valence-electron chi connectivity index (χ3n) is 4.17. The van der Waals surface area contributed by atoms with E-state index in [1.165, 1.54) is 5.69 Å². The van der Waals surface area contributed by atoms with Gasteiger partial charge in [-0.25, -0.2) is 0 Å².